The van der Waals surface area contributed by atoms with E-state index >= 15 is 0 Å². The van der Waals surface area contributed by atoms with E-state index in [1.165, 1.54) is 0 Å². The van der Waals surface area contributed by atoms with Crippen LogP contribution in [0.2, 0.25) is 0 Å². The largest absolute Gasteiger partial charge is 0.466 e. The van der Waals surface area contributed by atoms with Crippen molar-refractivity contribution in [3.05, 3.63) is 41.5 Å². The molecule has 6 nitrogen and oxygen atoms in total. The van der Waals surface area contributed by atoms with Crippen molar-refractivity contribution < 1.29 is 9.21 Å². The van der Waals surface area contributed by atoms with Crippen LogP contribution in [0.15, 0.2) is 28.8 Å². The Morgan fingerprint density at radius 2 is 2.08 bits per heavy atom. The van der Waals surface area contributed by atoms with E-state index in [1.807, 2.05) is 43.9 Å². The fourth-order valence-electron chi connectivity index (χ4n) is 3.32. The summed E-state index contributed by atoms with van der Waals surface area (Å²) in [5, 5.41) is 8.11. The molecule has 6 heteroatoms. The van der Waals surface area contributed by atoms with Gasteiger partial charge < -0.3 is 14.2 Å². The number of furan rings is 1. The second-order valence-electron chi connectivity index (χ2n) is 6.34. The van der Waals surface area contributed by atoms with Crippen LogP contribution in [0, 0.1) is 13.8 Å². The highest BCUT2D eigenvalue weighted by Gasteiger charge is 2.27. The summed E-state index contributed by atoms with van der Waals surface area (Å²) in [6, 6.07) is 5.83. The minimum Gasteiger partial charge on any atom is -0.466 e. The van der Waals surface area contributed by atoms with Crippen LogP contribution in [0.25, 0.3) is 0 Å². The van der Waals surface area contributed by atoms with Crippen molar-refractivity contribution >= 4 is 11.7 Å². The number of rotatable bonds is 3. The van der Waals surface area contributed by atoms with Gasteiger partial charge in [0.2, 0.25) is 5.91 Å². The van der Waals surface area contributed by atoms with E-state index in [-0.39, 0.29) is 11.8 Å². The molecule has 0 aromatic carbocycles. The first-order chi connectivity index (χ1) is 11.6. The number of carbonyl (C=O) groups excluding carboxylic acids is 1. The zero-order valence-electron chi connectivity index (χ0n) is 14.5. The van der Waals surface area contributed by atoms with E-state index < -0.39 is 0 Å². The smallest absolute Gasteiger partial charge is 0.230 e. The molecule has 0 aliphatic carbocycles. The highest BCUT2D eigenvalue weighted by Crippen LogP contribution is 2.25. The summed E-state index contributed by atoms with van der Waals surface area (Å²) in [5.41, 5.74) is 0.993. The van der Waals surface area contributed by atoms with E-state index in [0.717, 1.165) is 49.0 Å². The molecule has 1 aliphatic rings. The van der Waals surface area contributed by atoms with E-state index in [2.05, 4.69) is 15.1 Å². The van der Waals surface area contributed by atoms with Crippen molar-refractivity contribution in [1.29, 1.82) is 0 Å². The summed E-state index contributed by atoms with van der Waals surface area (Å²) in [6.45, 7) is 8.94. The van der Waals surface area contributed by atoms with Gasteiger partial charge in [0.15, 0.2) is 5.82 Å². The molecule has 3 rings (SSSR count). The van der Waals surface area contributed by atoms with Crippen LogP contribution >= 0.6 is 0 Å². The Balaban J connectivity index is 1.67. The molecule has 0 saturated carbocycles. The van der Waals surface area contributed by atoms with Crippen molar-refractivity contribution in [1.82, 2.24) is 15.1 Å². The lowest BCUT2D eigenvalue weighted by Crippen LogP contribution is -2.37. The van der Waals surface area contributed by atoms with Gasteiger partial charge >= 0.3 is 0 Å². The van der Waals surface area contributed by atoms with Crippen molar-refractivity contribution in [3.8, 4) is 0 Å². The SMILES string of the molecule is Cc1cc([C@H](C)C(=O)N2CCCN(c3cccnn3)CC2)c(C)o1. The first-order valence-corrected chi connectivity index (χ1v) is 8.44. The number of hydrogen-bond acceptors (Lipinski definition) is 5. The highest BCUT2D eigenvalue weighted by molar-refractivity contribution is 5.83. The highest BCUT2D eigenvalue weighted by atomic mass is 16.3. The Morgan fingerprint density at radius 1 is 1.25 bits per heavy atom. The molecule has 0 unspecified atom stereocenters. The molecule has 1 amide bonds. The van der Waals surface area contributed by atoms with Gasteiger partial charge in [0.25, 0.3) is 0 Å². The van der Waals surface area contributed by atoms with Crippen LogP contribution in [0.1, 0.15) is 36.3 Å². The molecule has 2 aromatic rings. The lowest BCUT2D eigenvalue weighted by Gasteiger charge is -2.25. The lowest BCUT2D eigenvalue weighted by atomic mass is 10.00. The minimum atomic E-state index is -0.175. The predicted molar refractivity (Wildman–Crippen MR) is 92.0 cm³/mol. The van der Waals surface area contributed by atoms with Gasteiger partial charge in [-0.05, 0) is 45.4 Å². The first kappa shape index (κ1) is 16.5. The van der Waals surface area contributed by atoms with E-state index in [4.69, 9.17) is 4.42 Å². The van der Waals surface area contributed by atoms with Crippen LogP contribution < -0.4 is 4.90 Å². The normalized spacial score (nSPS) is 16.8. The molecule has 2 aromatic heterocycles. The molecule has 24 heavy (non-hydrogen) atoms. The molecule has 1 atom stereocenters. The van der Waals surface area contributed by atoms with Gasteiger partial charge in [-0.1, -0.05) is 0 Å². The summed E-state index contributed by atoms with van der Waals surface area (Å²) in [7, 11) is 0. The Hall–Kier alpha value is -2.37. The molecule has 3 heterocycles. The topological polar surface area (TPSA) is 62.5 Å². The van der Waals surface area contributed by atoms with Gasteiger partial charge in [-0.3, -0.25) is 4.79 Å². The second kappa shape index (κ2) is 7.03. The van der Waals surface area contributed by atoms with Gasteiger partial charge in [-0.2, -0.15) is 5.10 Å². The summed E-state index contributed by atoms with van der Waals surface area (Å²) < 4.78 is 5.58. The molecule has 128 valence electrons. The van der Waals surface area contributed by atoms with Gasteiger partial charge in [-0.25, -0.2) is 0 Å². The molecule has 0 bridgehead atoms. The lowest BCUT2D eigenvalue weighted by molar-refractivity contribution is -0.132. The maximum absolute atomic E-state index is 12.9. The third kappa shape index (κ3) is 3.42. The average molecular weight is 328 g/mol. The van der Waals surface area contributed by atoms with Crippen LogP contribution in [0.4, 0.5) is 5.82 Å². The maximum Gasteiger partial charge on any atom is 0.230 e. The number of anilines is 1. The Morgan fingerprint density at radius 3 is 2.75 bits per heavy atom. The summed E-state index contributed by atoms with van der Waals surface area (Å²) >= 11 is 0. The minimum absolute atomic E-state index is 0.167. The number of aromatic nitrogens is 2. The van der Waals surface area contributed by atoms with E-state index in [1.54, 1.807) is 6.20 Å². The summed E-state index contributed by atoms with van der Waals surface area (Å²) in [5.74, 6) is 2.56. The van der Waals surface area contributed by atoms with E-state index in [9.17, 15) is 4.79 Å². The Labute approximate surface area is 142 Å². The van der Waals surface area contributed by atoms with Gasteiger partial charge in [-0.15, -0.1) is 5.10 Å². The first-order valence-electron chi connectivity index (χ1n) is 8.44. The van der Waals surface area contributed by atoms with E-state index in [0.29, 0.717) is 6.54 Å². The third-order valence-corrected chi connectivity index (χ3v) is 4.61. The van der Waals surface area contributed by atoms with Gasteiger partial charge in [0.1, 0.15) is 11.5 Å². The standard InChI is InChI=1S/C18H24N4O2/c1-13-12-16(15(3)24-13)14(2)18(23)22-9-5-8-21(10-11-22)17-6-4-7-19-20-17/h4,6-7,12,14H,5,8-11H2,1-3H3/t14-/m0/s1. The van der Waals surface area contributed by atoms with Gasteiger partial charge in [0, 0.05) is 37.9 Å². The molecule has 0 radical (unpaired) electrons. The van der Waals surface area contributed by atoms with Crippen LogP contribution in [-0.4, -0.2) is 47.2 Å². The maximum atomic E-state index is 12.9. The van der Waals surface area contributed by atoms with Crippen molar-refractivity contribution in [3.63, 3.8) is 0 Å². The third-order valence-electron chi connectivity index (χ3n) is 4.61. The number of hydrogen-bond donors (Lipinski definition) is 0. The summed E-state index contributed by atoms with van der Waals surface area (Å²) in [6.07, 6.45) is 2.60. The van der Waals surface area contributed by atoms with Crippen molar-refractivity contribution in [2.24, 2.45) is 0 Å². The number of aryl methyl sites for hydroxylation is 2. The van der Waals surface area contributed by atoms with Crippen LogP contribution in [0.3, 0.4) is 0 Å². The number of carbonyl (C=O) groups is 1. The average Bonchev–Trinajstić information content (AvgIpc) is 2.79. The molecule has 1 aliphatic heterocycles. The van der Waals surface area contributed by atoms with Crippen molar-refractivity contribution in [2.45, 2.75) is 33.1 Å². The predicted octanol–water partition coefficient (Wildman–Crippen LogP) is 2.53. The second-order valence-corrected chi connectivity index (χ2v) is 6.34. The monoisotopic (exact) mass is 328 g/mol. The molecule has 0 N–H and O–H groups in total. The zero-order valence-corrected chi connectivity index (χ0v) is 14.5. The molecule has 1 saturated heterocycles. The molecular weight excluding hydrogens is 304 g/mol. The molecule has 1 fully saturated rings. The quantitative estimate of drug-likeness (QED) is 0.866. The Bertz CT molecular complexity index is 698. The van der Waals surface area contributed by atoms with Gasteiger partial charge in [0.05, 0.1) is 5.92 Å². The van der Waals surface area contributed by atoms with Crippen LogP contribution in [0.5, 0.6) is 0 Å². The zero-order chi connectivity index (χ0) is 17.1. The number of amides is 1. The fraction of sp³-hybridized carbons (Fsp3) is 0.500. The summed E-state index contributed by atoms with van der Waals surface area (Å²) in [4.78, 5) is 17.0. The van der Waals surface area contributed by atoms with Crippen LogP contribution in [-0.2, 0) is 4.79 Å². The molecular formula is C18H24N4O2. The van der Waals surface area contributed by atoms with Crippen molar-refractivity contribution in [2.75, 3.05) is 31.1 Å². The molecule has 0 spiro atoms. The fourth-order valence-corrected chi connectivity index (χ4v) is 3.32. The Kier molecular flexibility index (Phi) is 4.83. The number of nitrogens with zero attached hydrogens (tertiary/aromatic N) is 4.